The molecule has 0 saturated carbocycles. The summed E-state index contributed by atoms with van der Waals surface area (Å²) in [5, 5.41) is 6.44. The second-order valence-corrected chi connectivity index (χ2v) is 4.14. The topological polar surface area (TPSA) is 96.6 Å². The lowest BCUT2D eigenvalue weighted by Gasteiger charge is -2.25. The highest BCUT2D eigenvalue weighted by atomic mass is 16.2. The van der Waals surface area contributed by atoms with Crippen molar-refractivity contribution in [2.45, 2.75) is 32.2 Å². The van der Waals surface area contributed by atoms with Gasteiger partial charge in [-0.3, -0.25) is 9.59 Å². The fraction of sp³-hybridized carbons (Fsp3) is 0.667. The van der Waals surface area contributed by atoms with E-state index in [9.17, 15) is 9.59 Å². The number of amides is 2. The predicted molar refractivity (Wildman–Crippen MR) is 56.1 cm³/mol. The van der Waals surface area contributed by atoms with Crippen molar-refractivity contribution in [3.05, 3.63) is 0 Å². The minimum atomic E-state index is -0.457. The molecule has 6 heteroatoms. The van der Waals surface area contributed by atoms with E-state index in [2.05, 4.69) is 15.8 Å². The molecule has 4 N–H and O–H groups in total. The molecule has 0 spiro atoms. The lowest BCUT2D eigenvalue weighted by Crippen LogP contribution is -2.51. The highest BCUT2D eigenvalue weighted by Gasteiger charge is 2.23. The molecule has 15 heavy (non-hydrogen) atoms. The van der Waals surface area contributed by atoms with Crippen LogP contribution in [0.4, 0.5) is 0 Å². The minimum absolute atomic E-state index is 0.162. The Morgan fingerprint density at radius 3 is 2.73 bits per heavy atom. The third-order valence-corrected chi connectivity index (χ3v) is 2.13. The first kappa shape index (κ1) is 11.6. The molecule has 1 aliphatic heterocycles. The first-order valence-electron chi connectivity index (χ1n) is 4.82. The van der Waals surface area contributed by atoms with Crippen LogP contribution in [-0.4, -0.2) is 29.6 Å². The van der Waals surface area contributed by atoms with Gasteiger partial charge in [0.1, 0.15) is 5.71 Å². The Bertz CT molecular complexity index is 309. The average molecular weight is 212 g/mol. The monoisotopic (exact) mass is 212 g/mol. The predicted octanol–water partition coefficient (Wildman–Crippen LogP) is -0.894. The van der Waals surface area contributed by atoms with Gasteiger partial charge in [-0.1, -0.05) is 0 Å². The van der Waals surface area contributed by atoms with E-state index in [1.807, 2.05) is 13.8 Å². The fourth-order valence-electron chi connectivity index (χ4n) is 1.07. The highest BCUT2D eigenvalue weighted by Crippen LogP contribution is 2.03. The van der Waals surface area contributed by atoms with Crippen molar-refractivity contribution in [1.29, 1.82) is 0 Å². The summed E-state index contributed by atoms with van der Waals surface area (Å²) in [5.74, 6) is -0.435. The van der Waals surface area contributed by atoms with Gasteiger partial charge >= 0.3 is 0 Å². The van der Waals surface area contributed by atoms with E-state index in [1.54, 1.807) is 0 Å². The number of carbonyl (C=O) groups excluding carboxylic acids is 2. The number of nitrogens with zero attached hydrogens (tertiary/aromatic N) is 1. The number of nitrogens with two attached hydrogens (primary N) is 1. The van der Waals surface area contributed by atoms with Crippen molar-refractivity contribution in [1.82, 2.24) is 10.7 Å². The number of carbonyl (C=O) groups is 2. The number of hydrogen-bond acceptors (Lipinski definition) is 4. The van der Waals surface area contributed by atoms with E-state index in [0.29, 0.717) is 25.1 Å². The first-order valence-corrected chi connectivity index (χ1v) is 4.82. The molecule has 6 nitrogen and oxygen atoms in total. The van der Waals surface area contributed by atoms with Crippen molar-refractivity contribution in [2.24, 2.45) is 10.8 Å². The van der Waals surface area contributed by atoms with E-state index in [4.69, 9.17) is 5.73 Å². The van der Waals surface area contributed by atoms with E-state index >= 15 is 0 Å². The summed E-state index contributed by atoms with van der Waals surface area (Å²) in [6.07, 6.45) is 0.674. The number of hydrogen-bond donors (Lipinski definition) is 3. The van der Waals surface area contributed by atoms with Crippen LogP contribution in [0.5, 0.6) is 0 Å². The zero-order valence-electron chi connectivity index (χ0n) is 8.96. The Morgan fingerprint density at radius 1 is 1.60 bits per heavy atom. The van der Waals surface area contributed by atoms with Crippen LogP contribution in [-0.2, 0) is 9.59 Å². The summed E-state index contributed by atoms with van der Waals surface area (Å²) in [7, 11) is 0. The normalized spacial score (nSPS) is 16.7. The Balaban J connectivity index is 2.58. The van der Waals surface area contributed by atoms with Crippen molar-refractivity contribution in [3.8, 4) is 0 Å². The maximum atomic E-state index is 11.6. The molecule has 0 aromatic carbocycles. The Hall–Kier alpha value is -1.43. The van der Waals surface area contributed by atoms with Gasteiger partial charge in [-0.05, 0) is 13.8 Å². The molecule has 1 aliphatic rings. The molecule has 0 radical (unpaired) electrons. The van der Waals surface area contributed by atoms with Crippen LogP contribution in [0, 0.1) is 0 Å². The zero-order valence-corrected chi connectivity index (χ0v) is 8.96. The summed E-state index contributed by atoms with van der Waals surface area (Å²) < 4.78 is 0. The second kappa shape index (κ2) is 4.39. The van der Waals surface area contributed by atoms with Gasteiger partial charge in [-0.15, -0.1) is 0 Å². The van der Waals surface area contributed by atoms with Crippen LogP contribution in [0.2, 0.25) is 0 Å². The summed E-state index contributed by atoms with van der Waals surface area (Å²) in [6.45, 7) is 4.00. The van der Waals surface area contributed by atoms with E-state index < -0.39 is 5.54 Å². The quantitative estimate of drug-likeness (QED) is 0.566. The number of nitrogens with one attached hydrogen (secondary N) is 2. The third-order valence-electron chi connectivity index (χ3n) is 2.13. The van der Waals surface area contributed by atoms with Gasteiger partial charge in [0.05, 0.1) is 0 Å². The number of rotatable bonds is 3. The fourth-order valence-corrected chi connectivity index (χ4v) is 1.07. The Morgan fingerprint density at radius 2 is 2.27 bits per heavy atom. The van der Waals surface area contributed by atoms with Crippen LogP contribution < -0.4 is 16.5 Å². The van der Waals surface area contributed by atoms with Gasteiger partial charge < -0.3 is 11.1 Å². The van der Waals surface area contributed by atoms with Crippen molar-refractivity contribution in [3.63, 3.8) is 0 Å². The van der Waals surface area contributed by atoms with Crippen molar-refractivity contribution < 1.29 is 9.59 Å². The molecule has 0 aromatic heterocycles. The van der Waals surface area contributed by atoms with Crippen LogP contribution in [0.3, 0.4) is 0 Å². The SMILES string of the molecule is CC(C)(CN)NC(=O)C1=NNC(=O)CC1. The van der Waals surface area contributed by atoms with Gasteiger partial charge in [0.15, 0.2) is 0 Å². The molecule has 0 fully saturated rings. The van der Waals surface area contributed by atoms with Crippen molar-refractivity contribution >= 4 is 17.5 Å². The molecule has 2 amide bonds. The summed E-state index contributed by atoms with van der Waals surface area (Å²) >= 11 is 0. The Labute approximate surface area is 88.3 Å². The number of hydrazone groups is 1. The summed E-state index contributed by atoms with van der Waals surface area (Å²) in [5.41, 5.74) is 7.64. The van der Waals surface area contributed by atoms with Crippen LogP contribution in [0.15, 0.2) is 5.10 Å². The van der Waals surface area contributed by atoms with Crippen LogP contribution in [0.1, 0.15) is 26.7 Å². The van der Waals surface area contributed by atoms with Gasteiger partial charge in [0.2, 0.25) is 5.91 Å². The molecular weight excluding hydrogens is 196 g/mol. The summed E-state index contributed by atoms with van der Waals surface area (Å²) in [6, 6.07) is 0. The maximum absolute atomic E-state index is 11.6. The summed E-state index contributed by atoms with van der Waals surface area (Å²) in [4.78, 5) is 22.4. The largest absolute Gasteiger partial charge is 0.345 e. The van der Waals surface area contributed by atoms with Gasteiger partial charge in [0, 0.05) is 24.9 Å². The van der Waals surface area contributed by atoms with Gasteiger partial charge in [0.25, 0.3) is 5.91 Å². The average Bonchev–Trinajstić information content (AvgIpc) is 2.18. The molecule has 1 rings (SSSR count). The molecule has 0 bridgehead atoms. The lowest BCUT2D eigenvalue weighted by molar-refractivity contribution is -0.121. The lowest BCUT2D eigenvalue weighted by atomic mass is 10.0. The first-order chi connectivity index (χ1) is 6.94. The van der Waals surface area contributed by atoms with E-state index in [0.717, 1.165) is 0 Å². The third kappa shape index (κ3) is 3.32. The smallest absolute Gasteiger partial charge is 0.267 e. The zero-order chi connectivity index (χ0) is 11.5. The molecular formula is C9H16N4O2. The van der Waals surface area contributed by atoms with Crippen molar-refractivity contribution in [2.75, 3.05) is 6.54 Å². The maximum Gasteiger partial charge on any atom is 0.267 e. The molecule has 84 valence electrons. The van der Waals surface area contributed by atoms with E-state index in [1.165, 1.54) is 0 Å². The minimum Gasteiger partial charge on any atom is -0.345 e. The molecule has 1 heterocycles. The molecule has 0 aromatic rings. The molecule has 0 atom stereocenters. The molecule has 0 saturated heterocycles. The molecule has 0 unspecified atom stereocenters. The van der Waals surface area contributed by atoms with Crippen LogP contribution in [0.25, 0.3) is 0 Å². The Kier molecular flexibility index (Phi) is 3.41. The standard InChI is InChI=1S/C9H16N4O2/c1-9(2,5-10)11-8(15)6-3-4-7(14)13-12-6/h3-5,10H2,1-2H3,(H,11,15)(H,13,14). The van der Waals surface area contributed by atoms with Gasteiger partial charge in [-0.25, -0.2) is 5.43 Å². The highest BCUT2D eigenvalue weighted by molar-refractivity contribution is 6.39. The van der Waals surface area contributed by atoms with Crippen LogP contribution >= 0.6 is 0 Å². The van der Waals surface area contributed by atoms with E-state index in [-0.39, 0.29) is 11.8 Å². The molecule has 0 aliphatic carbocycles. The second-order valence-electron chi connectivity index (χ2n) is 4.14. The van der Waals surface area contributed by atoms with Gasteiger partial charge in [-0.2, -0.15) is 5.10 Å².